The fraction of sp³-hybridized carbons (Fsp3) is 0.269. The molecule has 144 valence electrons. The summed E-state index contributed by atoms with van der Waals surface area (Å²) in [5.41, 5.74) is 1.72. The number of aliphatic hydroxyl groups excluding tert-OH is 1. The molecule has 4 aliphatic rings. The van der Waals surface area contributed by atoms with Gasteiger partial charge in [-0.2, -0.15) is 0 Å². The number of ketones is 1. The molecule has 0 aromatic heterocycles. The smallest absolute Gasteiger partial charge is 0.180 e. The van der Waals surface area contributed by atoms with Crippen molar-refractivity contribution in [2.45, 2.75) is 17.9 Å². The first-order valence-electron chi connectivity index (χ1n) is 10.2. The summed E-state index contributed by atoms with van der Waals surface area (Å²) < 4.78 is 5.83. The average molecular weight is 382 g/mol. The standard InChI is InChI=1S/C26H22O3/c27-15-25-14-21(20-11-10-17-6-4-5-9-19(17)12-20)23(26(16-29-26)24(25)28)13-22(25)18-7-2-1-3-8-18/h1-12,14,22-23,27H,13,15-16H2/t22?,23?,25-,26+/m1/s1. The molecule has 7 rings (SSSR count). The Morgan fingerprint density at radius 3 is 2.38 bits per heavy atom. The summed E-state index contributed by atoms with van der Waals surface area (Å²) in [6.07, 6.45) is 2.88. The third-order valence-corrected chi connectivity index (χ3v) is 7.25. The molecule has 3 heteroatoms. The summed E-state index contributed by atoms with van der Waals surface area (Å²) in [5.74, 6) is 0.0576. The van der Waals surface area contributed by atoms with Crippen LogP contribution in [0.3, 0.4) is 0 Å². The molecule has 4 atom stereocenters. The van der Waals surface area contributed by atoms with E-state index in [2.05, 4.69) is 48.5 Å². The Hall–Kier alpha value is -2.75. The van der Waals surface area contributed by atoms with Crippen LogP contribution in [-0.2, 0) is 9.53 Å². The molecule has 29 heavy (non-hydrogen) atoms. The predicted molar refractivity (Wildman–Crippen MR) is 112 cm³/mol. The maximum absolute atomic E-state index is 13.6. The Kier molecular flexibility index (Phi) is 3.48. The molecular weight excluding hydrogens is 360 g/mol. The lowest BCUT2D eigenvalue weighted by Gasteiger charge is -2.51. The zero-order valence-corrected chi connectivity index (χ0v) is 16.0. The lowest BCUT2D eigenvalue weighted by molar-refractivity contribution is -0.141. The molecular formula is C26H22O3. The van der Waals surface area contributed by atoms with Crippen LogP contribution in [-0.4, -0.2) is 29.7 Å². The highest BCUT2D eigenvalue weighted by atomic mass is 16.6. The fourth-order valence-corrected chi connectivity index (χ4v) is 5.68. The minimum Gasteiger partial charge on any atom is -0.395 e. The summed E-state index contributed by atoms with van der Waals surface area (Å²) in [6, 6.07) is 24.9. The van der Waals surface area contributed by atoms with E-state index in [1.54, 1.807) is 0 Å². The maximum Gasteiger partial charge on any atom is 0.180 e. The molecule has 3 aromatic carbocycles. The molecule has 2 bridgehead atoms. The lowest BCUT2D eigenvalue weighted by Crippen LogP contribution is -2.58. The van der Waals surface area contributed by atoms with E-state index in [4.69, 9.17) is 4.74 Å². The second-order valence-electron chi connectivity index (χ2n) is 8.62. The van der Waals surface area contributed by atoms with Gasteiger partial charge in [-0.1, -0.05) is 72.8 Å². The van der Waals surface area contributed by atoms with E-state index in [1.807, 2.05) is 30.3 Å². The van der Waals surface area contributed by atoms with Crippen molar-refractivity contribution in [3.05, 3.63) is 90.0 Å². The van der Waals surface area contributed by atoms with E-state index in [1.165, 1.54) is 10.8 Å². The highest BCUT2D eigenvalue weighted by Crippen LogP contribution is 2.64. The Bertz CT molecular complexity index is 1160. The molecule has 3 aromatic rings. The first kappa shape index (κ1) is 17.1. The Labute approximate surface area is 169 Å². The van der Waals surface area contributed by atoms with Gasteiger partial charge in [0.25, 0.3) is 0 Å². The third kappa shape index (κ3) is 2.23. The van der Waals surface area contributed by atoms with Crippen molar-refractivity contribution in [2.24, 2.45) is 11.3 Å². The molecule has 2 fully saturated rings. The largest absolute Gasteiger partial charge is 0.395 e. The molecule has 3 aliphatic carbocycles. The molecule has 1 aliphatic heterocycles. The van der Waals surface area contributed by atoms with E-state index in [-0.39, 0.29) is 24.2 Å². The zero-order valence-electron chi connectivity index (χ0n) is 16.0. The van der Waals surface area contributed by atoms with E-state index in [0.717, 1.165) is 23.1 Å². The van der Waals surface area contributed by atoms with Gasteiger partial charge in [-0.3, -0.25) is 4.79 Å². The van der Waals surface area contributed by atoms with Crippen molar-refractivity contribution in [3.63, 3.8) is 0 Å². The van der Waals surface area contributed by atoms with Gasteiger partial charge in [-0.25, -0.2) is 0 Å². The van der Waals surface area contributed by atoms with Gasteiger partial charge >= 0.3 is 0 Å². The van der Waals surface area contributed by atoms with Crippen LogP contribution >= 0.6 is 0 Å². The molecule has 3 nitrogen and oxygen atoms in total. The Balaban J connectivity index is 1.54. The van der Waals surface area contributed by atoms with Gasteiger partial charge in [0.05, 0.1) is 18.6 Å². The second-order valence-corrected chi connectivity index (χ2v) is 8.62. The second kappa shape index (κ2) is 5.88. The quantitative estimate of drug-likeness (QED) is 0.685. The number of carbonyl (C=O) groups is 1. The summed E-state index contributed by atoms with van der Waals surface area (Å²) >= 11 is 0. The van der Waals surface area contributed by atoms with Crippen LogP contribution in [0.25, 0.3) is 16.3 Å². The number of hydrogen-bond donors (Lipinski definition) is 1. The number of rotatable bonds is 3. The monoisotopic (exact) mass is 382 g/mol. The first-order valence-corrected chi connectivity index (χ1v) is 10.2. The van der Waals surface area contributed by atoms with Crippen molar-refractivity contribution in [3.8, 4) is 0 Å². The average Bonchev–Trinajstić information content (AvgIpc) is 3.58. The van der Waals surface area contributed by atoms with Crippen LogP contribution < -0.4 is 0 Å². The summed E-state index contributed by atoms with van der Waals surface area (Å²) in [6.45, 7) is 0.269. The Morgan fingerprint density at radius 2 is 1.66 bits per heavy atom. The van der Waals surface area contributed by atoms with Gasteiger partial charge in [-0.05, 0) is 40.0 Å². The predicted octanol–water partition coefficient (Wildman–Crippen LogP) is 4.36. The van der Waals surface area contributed by atoms with Gasteiger partial charge in [0.1, 0.15) is 0 Å². The molecule has 1 spiro atoms. The molecule has 2 unspecified atom stereocenters. The van der Waals surface area contributed by atoms with E-state index < -0.39 is 11.0 Å². The van der Waals surface area contributed by atoms with Gasteiger partial charge < -0.3 is 9.84 Å². The number of aliphatic hydroxyl groups is 1. The SMILES string of the molecule is O=C1[C@@]2(CO)C=C(c3ccc4ccccc4c3)C(CC2c2ccccc2)[C@@]12CO2. The number of ether oxygens (including phenoxy) is 1. The van der Waals surface area contributed by atoms with Crippen molar-refractivity contribution in [1.82, 2.24) is 0 Å². The zero-order chi connectivity index (χ0) is 19.6. The summed E-state index contributed by atoms with van der Waals surface area (Å²) in [7, 11) is 0. The first-order chi connectivity index (χ1) is 14.2. The van der Waals surface area contributed by atoms with Gasteiger partial charge in [0, 0.05) is 11.8 Å². The highest BCUT2D eigenvalue weighted by Gasteiger charge is 2.71. The van der Waals surface area contributed by atoms with Crippen LogP contribution in [0.2, 0.25) is 0 Å². The summed E-state index contributed by atoms with van der Waals surface area (Å²) in [5, 5.41) is 12.9. The minimum atomic E-state index is -0.923. The number of Topliss-reactive ketones (excluding diaryl/α,β-unsaturated/α-hetero) is 1. The molecule has 1 saturated carbocycles. The normalized spacial score (nSPS) is 32.6. The van der Waals surface area contributed by atoms with Gasteiger partial charge in [0.2, 0.25) is 0 Å². The molecule has 1 heterocycles. The number of carbonyl (C=O) groups excluding carboxylic acids is 1. The highest BCUT2D eigenvalue weighted by molar-refractivity contribution is 6.05. The van der Waals surface area contributed by atoms with E-state index in [9.17, 15) is 9.90 Å². The van der Waals surface area contributed by atoms with E-state index in [0.29, 0.717) is 6.61 Å². The van der Waals surface area contributed by atoms with Crippen molar-refractivity contribution in [2.75, 3.05) is 13.2 Å². The number of hydrogen-bond acceptors (Lipinski definition) is 3. The maximum atomic E-state index is 13.6. The van der Waals surface area contributed by atoms with Crippen LogP contribution in [0.4, 0.5) is 0 Å². The minimum absolute atomic E-state index is 0.0229. The van der Waals surface area contributed by atoms with Crippen LogP contribution in [0.5, 0.6) is 0 Å². The van der Waals surface area contributed by atoms with Gasteiger partial charge in [0.15, 0.2) is 11.4 Å². The molecule has 1 saturated heterocycles. The topological polar surface area (TPSA) is 49.8 Å². The molecule has 1 N–H and O–H groups in total. The van der Waals surface area contributed by atoms with Crippen LogP contribution in [0.1, 0.15) is 23.5 Å². The van der Waals surface area contributed by atoms with Crippen molar-refractivity contribution < 1.29 is 14.6 Å². The third-order valence-electron chi connectivity index (χ3n) is 7.25. The Morgan fingerprint density at radius 1 is 0.931 bits per heavy atom. The number of benzene rings is 3. The number of fused-ring (bicyclic) bond motifs is 2. The van der Waals surface area contributed by atoms with Gasteiger partial charge in [-0.15, -0.1) is 0 Å². The lowest BCUT2D eigenvalue weighted by atomic mass is 9.50. The van der Waals surface area contributed by atoms with Crippen molar-refractivity contribution in [1.29, 1.82) is 0 Å². The van der Waals surface area contributed by atoms with Crippen molar-refractivity contribution >= 4 is 22.1 Å². The van der Waals surface area contributed by atoms with E-state index >= 15 is 0 Å². The number of epoxide rings is 1. The molecule has 0 radical (unpaired) electrons. The fourth-order valence-electron chi connectivity index (χ4n) is 5.68. The summed E-state index contributed by atoms with van der Waals surface area (Å²) in [4.78, 5) is 13.6. The molecule has 0 amide bonds. The van der Waals surface area contributed by atoms with Crippen LogP contribution in [0.15, 0.2) is 78.9 Å². The van der Waals surface area contributed by atoms with Crippen LogP contribution in [0, 0.1) is 11.3 Å².